The second-order valence-electron chi connectivity index (χ2n) is 7.38. The van der Waals surface area contributed by atoms with Gasteiger partial charge in [0.25, 0.3) is 0 Å². The summed E-state index contributed by atoms with van der Waals surface area (Å²) in [7, 11) is -4.26. The Morgan fingerprint density at radius 1 is 1.13 bits per heavy atom. The number of anilines is 1. The molecule has 0 aliphatic carbocycles. The highest BCUT2D eigenvalue weighted by atomic mass is 35.5. The highest BCUT2D eigenvalue weighted by molar-refractivity contribution is 7.89. The number of amides is 1. The second kappa shape index (κ2) is 8.86. The number of carbonyl (C=O) groups is 1. The van der Waals surface area contributed by atoms with Crippen LogP contribution in [-0.4, -0.2) is 30.8 Å². The maximum atomic E-state index is 12.9. The molecule has 0 radical (unpaired) electrons. The molecule has 1 aromatic heterocycles. The number of benzene rings is 1. The molecule has 7 nitrogen and oxygen atoms in total. The summed E-state index contributed by atoms with van der Waals surface area (Å²) in [6, 6.07) is 2.25. The van der Waals surface area contributed by atoms with Crippen LogP contribution in [0, 0.1) is 0 Å². The molecular weight excluding hydrogens is 445 g/mol. The molecule has 12 heteroatoms. The molecule has 0 aliphatic rings. The van der Waals surface area contributed by atoms with Crippen molar-refractivity contribution < 1.29 is 26.4 Å². The molecule has 1 aromatic carbocycles. The Balaban J connectivity index is 1.96. The molecule has 2 aromatic rings. The fourth-order valence-corrected chi connectivity index (χ4v) is 3.56. The number of nitrogens with one attached hydrogen (secondary N) is 2. The normalized spacial score (nSPS) is 12.6. The molecule has 0 saturated heterocycles. The van der Waals surface area contributed by atoms with Gasteiger partial charge in [-0.1, -0.05) is 32.4 Å². The zero-order chi connectivity index (χ0) is 22.7. The van der Waals surface area contributed by atoms with E-state index in [9.17, 15) is 26.4 Å². The van der Waals surface area contributed by atoms with Crippen molar-refractivity contribution >= 4 is 33.2 Å². The summed E-state index contributed by atoms with van der Waals surface area (Å²) >= 11 is 5.49. The molecule has 1 amide bonds. The van der Waals surface area contributed by atoms with Gasteiger partial charge in [-0.2, -0.15) is 13.2 Å². The summed E-state index contributed by atoms with van der Waals surface area (Å²) in [5.74, 6) is 0.0753. The van der Waals surface area contributed by atoms with Crippen molar-refractivity contribution in [3.05, 3.63) is 47.0 Å². The summed E-state index contributed by atoms with van der Waals surface area (Å²) in [5, 5.41) is 1.91. The van der Waals surface area contributed by atoms with E-state index in [1.807, 2.05) is 20.8 Å². The fraction of sp³-hybridized carbons (Fsp3) is 0.389. The van der Waals surface area contributed by atoms with Crippen LogP contribution in [0.2, 0.25) is 5.02 Å². The van der Waals surface area contributed by atoms with Crippen LogP contribution >= 0.6 is 11.6 Å². The highest BCUT2D eigenvalue weighted by Crippen LogP contribution is 2.35. The van der Waals surface area contributed by atoms with Crippen molar-refractivity contribution in [1.29, 1.82) is 0 Å². The van der Waals surface area contributed by atoms with Crippen molar-refractivity contribution in [3.8, 4) is 0 Å². The molecular formula is C18H20ClF3N4O3S. The minimum Gasteiger partial charge on any atom is -0.323 e. The highest BCUT2D eigenvalue weighted by Gasteiger charge is 2.34. The van der Waals surface area contributed by atoms with Gasteiger partial charge in [-0.15, -0.1) is 0 Å². The van der Waals surface area contributed by atoms with Gasteiger partial charge in [-0.3, -0.25) is 4.79 Å². The lowest BCUT2D eigenvalue weighted by molar-refractivity contribution is -0.137. The Morgan fingerprint density at radius 3 is 2.27 bits per heavy atom. The number of alkyl halides is 3. The Hall–Kier alpha value is -2.24. The maximum Gasteiger partial charge on any atom is 0.417 e. The SMILES string of the molecule is CC(C)(C)c1ncc(NC(=O)CCNS(=O)(=O)c2ccc(Cl)c(C(F)(F)F)c2)cn1. The molecule has 0 fully saturated rings. The zero-order valence-electron chi connectivity index (χ0n) is 16.3. The van der Waals surface area contributed by atoms with Crippen LogP contribution in [0.5, 0.6) is 0 Å². The maximum absolute atomic E-state index is 12.9. The minimum absolute atomic E-state index is 0.250. The number of nitrogens with zero attached hydrogens (tertiary/aromatic N) is 2. The number of sulfonamides is 1. The van der Waals surface area contributed by atoms with Crippen molar-refractivity contribution in [2.45, 2.75) is 43.7 Å². The molecule has 2 rings (SSSR count). The van der Waals surface area contributed by atoms with Crippen molar-refractivity contribution in [3.63, 3.8) is 0 Å². The average molecular weight is 465 g/mol. The van der Waals surface area contributed by atoms with Crippen LogP contribution in [0.4, 0.5) is 18.9 Å². The zero-order valence-corrected chi connectivity index (χ0v) is 17.9. The van der Waals surface area contributed by atoms with E-state index in [4.69, 9.17) is 11.6 Å². The Bertz CT molecular complexity index is 1020. The van der Waals surface area contributed by atoms with Gasteiger partial charge in [0.2, 0.25) is 15.9 Å². The summed E-state index contributed by atoms with van der Waals surface area (Å²) in [5.41, 5.74) is -1.18. The van der Waals surface area contributed by atoms with Crippen LogP contribution < -0.4 is 10.0 Å². The number of hydrogen-bond donors (Lipinski definition) is 2. The van der Waals surface area contributed by atoms with Gasteiger partial charge in [0.05, 0.1) is 33.6 Å². The third-order valence-electron chi connectivity index (χ3n) is 3.80. The van der Waals surface area contributed by atoms with Crippen LogP contribution in [-0.2, 0) is 26.4 Å². The van der Waals surface area contributed by atoms with Gasteiger partial charge in [-0.25, -0.2) is 23.1 Å². The van der Waals surface area contributed by atoms with Crippen LogP contribution in [0.1, 0.15) is 38.6 Å². The Morgan fingerprint density at radius 2 is 1.73 bits per heavy atom. The first-order valence-electron chi connectivity index (χ1n) is 8.69. The molecule has 0 spiro atoms. The molecule has 30 heavy (non-hydrogen) atoms. The van der Waals surface area contributed by atoms with E-state index in [1.54, 1.807) is 0 Å². The quantitative estimate of drug-likeness (QED) is 0.678. The summed E-state index contributed by atoms with van der Waals surface area (Å²) in [6.07, 6.45) is -2.18. The third kappa shape index (κ3) is 6.38. The number of hydrogen-bond acceptors (Lipinski definition) is 5. The van der Waals surface area contributed by atoms with Crippen molar-refractivity contribution in [2.24, 2.45) is 0 Å². The van der Waals surface area contributed by atoms with Gasteiger partial charge in [-0.05, 0) is 18.2 Å². The lowest BCUT2D eigenvalue weighted by Crippen LogP contribution is -2.28. The van der Waals surface area contributed by atoms with E-state index in [0.29, 0.717) is 17.6 Å². The fourth-order valence-electron chi connectivity index (χ4n) is 2.27. The topological polar surface area (TPSA) is 101 Å². The Labute approximate surface area is 177 Å². The standard InChI is InChI=1S/C18H20ClF3N4O3S/c1-17(2,3)16-23-9-11(10-24-16)26-15(27)6-7-25-30(28,29)12-4-5-14(19)13(8-12)18(20,21)22/h4-5,8-10,25H,6-7H2,1-3H3,(H,26,27). The van der Waals surface area contributed by atoms with E-state index in [2.05, 4.69) is 20.0 Å². The van der Waals surface area contributed by atoms with Crippen LogP contribution in [0.3, 0.4) is 0 Å². The Kier molecular flexibility index (Phi) is 7.10. The van der Waals surface area contributed by atoms with Gasteiger partial charge >= 0.3 is 6.18 Å². The largest absolute Gasteiger partial charge is 0.417 e. The molecule has 0 atom stereocenters. The van der Waals surface area contributed by atoms with Gasteiger partial charge in [0.15, 0.2) is 0 Å². The number of aromatic nitrogens is 2. The molecule has 0 saturated carbocycles. The van der Waals surface area contributed by atoms with E-state index in [-0.39, 0.29) is 18.4 Å². The third-order valence-corrected chi connectivity index (χ3v) is 5.59. The number of halogens is 4. The second-order valence-corrected chi connectivity index (χ2v) is 9.55. The first-order chi connectivity index (χ1) is 13.7. The molecule has 164 valence electrons. The lowest BCUT2D eigenvalue weighted by Gasteiger charge is -2.16. The predicted octanol–water partition coefficient (Wildman–Crippen LogP) is 3.75. The summed E-state index contributed by atoms with van der Waals surface area (Å²) in [4.78, 5) is 19.7. The van der Waals surface area contributed by atoms with Crippen molar-refractivity contribution in [2.75, 3.05) is 11.9 Å². The van der Waals surface area contributed by atoms with E-state index in [0.717, 1.165) is 12.1 Å². The van der Waals surface area contributed by atoms with Crippen LogP contribution in [0.25, 0.3) is 0 Å². The monoisotopic (exact) mass is 464 g/mol. The van der Waals surface area contributed by atoms with Gasteiger partial charge < -0.3 is 5.32 Å². The lowest BCUT2D eigenvalue weighted by atomic mass is 9.96. The summed E-state index contributed by atoms with van der Waals surface area (Å²) < 4.78 is 65.3. The number of carbonyl (C=O) groups excluding carboxylic acids is 1. The van der Waals surface area contributed by atoms with Gasteiger partial charge in [0.1, 0.15) is 5.82 Å². The van der Waals surface area contributed by atoms with E-state index >= 15 is 0 Å². The minimum atomic E-state index is -4.80. The van der Waals surface area contributed by atoms with Crippen LogP contribution in [0.15, 0.2) is 35.5 Å². The van der Waals surface area contributed by atoms with Crippen molar-refractivity contribution in [1.82, 2.24) is 14.7 Å². The average Bonchev–Trinajstić information content (AvgIpc) is 2.60. The predicted molar refractivity (Wildman–Crippen MR) is 106 cm³/mol. The first-order valence-corrected chi connectivity index (χ1v) is 10.5. The molecule has 1 heterocycles. The molecule has 0 aliphatic heterocycles. The molecule has 0 unspecified atom stereocenters. The number of rotatable bonds is 6. The molecule has 2 N–H and O–H groups in total. The van der Waals surface area contributed by atoms with E-state index in [1.165, 1.54) is 12.4 Å². The first kappa shape index (κ1) is 24.0. The van der Waals surface area contributed by atoms with E-state index < -0.39 is 37.6 Å². The molecule has 0 bridgehead atoms. The van der Waals surface area contributed by atoms with Gasteiger partial charge in [0, 0.05) is 18.4 Å². The smallest absolute Gasteiger partial charge is 0.323 e. The summed E-state index contributed by atoms with van der Waals surface area (Å²) in [6.45, 7) is 5.49.